The van der Waals surface area contributed by atoms with Gasteiger partial charge in [-0.15, -0.1) is 21.8 Å². The number of aryl methyl sites for hydroxylation is 1. The molecule has 0 aliphatic heterocycles. The minimum absolute atomic E-state index is 0.135. The first-order chi connectivity index (χ1) is 8.72. The predicted octanol–water partition coefficient (Wildman–Crippen LogP) is 3.18. The zero-order chi connectivity index (χ0) is 13.0. The molecule has 0 fully saturated rings. The van der Waals surface area contributed by atoms with Crippen LogP contribution in [0.4, 0.5) is 0 Å². The van der Waals surface area contributed by atoms with Gasteiger partial charge in [-0.1, -0.05) is 29.8 Å². The van der Waals surface area contributed by atoms with E-state index in [1.54, 1.807) is 6.08 Å². The molecule has 5 heteroatoms. The number of aromatic nitrogens is 2. The highest BCUT2D eigenvalue weighted by molar-refractivity contribution is 6.16. The Morgan fingerprint density at radius 3 is 2.67 bits per heavy atom. The van der Waals surface area contributed by atoms with E-state index < -0.39 is 0 Å². The maximum absolute atomic E-state index is 9.10. The highest BCUT2D eigenvalue weighted by atomic mass is 35.5. The summed E-state index contributed by atoms with van der Waals surface area (Å²) < 4.78 is 5.24. The molecule has 0 radical (unpaired) electrons. The Labute approximate surface area is 110 Å². The molecule has 0 atom stereocenters. The lowest BCUT2D eigenvalue weighted by Gasteiger charge is -1.95. The van der Waals surface area contributed by atoms with Crippen LogP contribution in [0.15, 0.2) is 28.7 Å². The van der Waals surface area contributed by atoms with Crippen molar-refractivity contribution in [2.75, 3.05) is 0 Å². The van der Waals surface area contributed by atoms with Gasteiger partial charge in [0.25, 0.3) is 5.89 Å². The number of hydrogen-bond donors (Lipinski definition) is 0. The minimum Gasteiger partial charge on any atom is -0.419 e. The van der Waals surface area contributed by atoms with Crippen LogP contribution < -0.4 is 0 Å². The Bertz CT molecular complexity index is 608. The number of allylic oxidation sites excluding steroid dienone is 1. The average molecular weight is 260 g/mol. The molecule has 0 spiro atoms. The molecule has 2 aromatic rings. The summed E-state index contributed by atoms with van der Waals surface area (Å²) in [5.74, 6) is 0.626. The predicted molar refractivity (Wildman–Crippen MR) is 68.5 cm³/mol. The van der Waals surface area contributed by atoms with Crippen molar-refractivity contribution in [3.05, 3.63) is 47.2 Å². The molecule has 0 saturated heterocycles. The number of nitrogens with zero attached hydrogens (tertiary/aromatic N) is 3. The van der Waals surface area contributed by atoms with E-state index in [0.29, 0.717) is 11.5 Å². The van der Waals surface area contributed by atoms with Crippen LogP contribution in [0.25, 0.3) is 11.6 Å². The van der Waals surface area contributed by atoms with Gasteiger partial charge >= 0.3 is 0 Å². The van der Waals surface area contributed by atoms with E-state index in [0.717, 1.165) is 11.1 Å². The van der Waals surface area contributed by atoms with Crippen LogP contribution in [-0.2, 0) is 5.88 Å². The third-order valence-electron chi connectivity index (χ3n) is 2.32. The average Bonchev–Trinajstić information content (AvgIpc) is 2.87. The quantitative estimate of drug-likeness (QED) is 0.627. The van der Waals surface area contributed by atoms with Gasteiger partial charge in [0, 0.05) is 0 Å². The lowest BCUT2D eigenvalue weighted by molar-refractivity contribution is 0.502. The van der Waals surface area contributed by atoms with E-state index in [4.69, 9.17) is 21.3 Å². The van der Waals surface area contributed by atoms with Crippen molar-refractivity contribution < 1.29 is 4.42 Å². The van der Waals surface area contributed by atoms with Crippen molar-refractivity contribution in [1.29, 1.82) is 5.26 Å². The van der Waals surface area contributed by atoms with Crippen molar-refractivity contribution >= 4 is 23.3 Å². The Hall–Kier alpha value is -2.12. The van der Waals surface area contributed by atoms with Gasteiger partial charge in [0.15, 0.2) is 0 Å². The van der Waals surface area contributed by atoms with Crippen LogP contribution in [0.3, 0.4) is 0 Å². The summed E-state index contributed by atoms with van der Waals surface area (Å²) in [5.41, 5.74) is 2.39. The molecule has 0 bridgehead atoms. The van der Waals surface area contributed by atoms with E-state index in [9.17, 15) is 0 Å². The summed E-state index contributed by atoms with van der Waals surface area (Å²) in [7, 11) is 0. The standard InChI is InChI=1S/C13H10ClN3O/c1-9-2-4-10(5-3-9)6-11(8-15)13-17-16-12(7-14)18-13/h2-6H,7H2,1H3. The van der Waals surface area contributed by atoms with Crippen LogP contribution in [-0.4, -0.2) is 10.2 Å². The zero-order valence-electron chi connectivity index (χ0n) is 9.72. The molecule has 0 saturated carbocycles. The van der Waals surface area contributed by atoms with Gasteiger partial charge in [-0.25, -0.2) is 0 Å². The normalized spacial score (nSPS) is 11.3. The number of rotatable bonds is 3. The molecule has 0 aliphatic rings. The van der Waals surface area contributed by atoms with E-state index in [-0.39, 0.29) is 11.8 Å². The SMILES string of the molecule is Cc1ccc(C=C(C#N)c2nnc(CCl)o2)cc1. The van der Waals surface area contributed by atoms with Gasteiger partial charge in [0.1, 0.15) is 17.5 Å². The molecule has 4 nitrogen and oxygen atoms in total. The van der Waals surface area contributed by atoms with Gasteiger partial charge in [-0.3, -0.25) is 0 Å². The first kappa shape index (κ1) is 12.3. The molecule has 2 rings (SSSR count). The van der Waals surface area contributed by atoms with Crippen LogP contribution in [0.1, 0.15) is 22.9 Å². The molecule has 0 amide bonds. The van der Waals surface area contributed by atoms with Gasteiger partial charge < -0.3 is 4.42 Å². The number of alkyl halides is 1. The first-order valence-electron chi connectivity index (χ1n) is 5.30. The van der Waals surface area contributed by atoms with Crippen LogP contribution in [0, 0.1) is 18.3 Å². The van der Waals surface area contributed by atoms with E-state index in [1.165, 1.54) is 0 Å². The fraction of sp³-hybridized carbons (Fsp3) is 0.154. The smallest absolute Gasteiger partial charge is 0.258 e. The Morgan fingerprint density at radius 2 is 2.11 bits per heavy atom. The highest BCUT2D eigenvalue weighted by Crippen LogP contribution is 2.17. The largest absolute Gasteiger partial charge is 0.419 e. The van der Waals surface area contributed by atoms with Gasteiger partial charge in [0.05, 0.1) is 0 Å². The molecule has 0 unspecified atom stereocenters. The summed E-state index contributed by atoms with van der Waals surface area (Å²) in [4.78, 5) is 0. The van der Waals surface area contributed by atoms with Crippen LogP contribution >= 0.6 is 11.6 Å². The van der Waals surface area contributed by atoms with Crippen molar-refractivity contribution in [2.45, 2.75) is 12.8 Å². The van der Waals surface area contributed by atoms with Crippen LogP contribution in [0.5, 0.6) is 0 Å². The number of halogens is 1. The lowest BCUT2D eigenvalue weighted by atomic mass is 10.1. The summed E-state index contributed by atoms with van der Waals surface area (Å²) in [6, 6.07) is 9.83. The maximum atomic E-state index is 9.10. The Kier molecular flexibility index (Phi) is 3.75. The summed E-state index contributed by atoms with van der Waals surface area (Å²) in [6.07, 6.45) is 1.70. The summed E-state index contributed by atoms with van der Waals surface area (Å²) >= 11 is 5.57. The second-order valence-electron chi connectivity index (χ2n) is 3.72. The molecule has 90 valence electrons. The van der Waals surface area contributed by atoms with Gasteiger partial charge in [0.2, 0.25) is 5.89 Å². The summed E-state index contributed by atoms with van der Waals surface area (Å²) in [6.45, 7) is 2.00. The Balaban J connectivity index is 2.33. The van der Waals surface area contributed by atoms with Gasteiger partial charge in [-0.05, 0) is 18.6 Å². The lowest BCUT2D eigenvalue weighted by Crippen LogP contribution is -1.82. The Morgan fingerprint density at radius 1 is 1.39 bits per heavy atom. The monoisotopic (exact) mass is 259 g/mol. The maximum Gasteiger partial charge on any atom is 0.258 e. The van der Waals surface area contributed by atoms with E-state index >= 15 is 0 Å². The highest BCUT2D eigenvalue weighted by Gasteiger charge is 2.10. The molecule has 0 aliphatic carbocycles. The van der Waals surface area contributed by atoms with Crippen molar-refractivity contribution in [1.82, 2.24) is 10.2 Å². The molecule has 1 aromatic carbocycles. The zero-order valence-corrected chi connectivity index (χ0v) is 10.5. The van der Waals surface area contributed by atoms with Gasteiger partial charge in [-0.2, -0.15) is 5.26 Å². The second-order valence-corrected chi connectivity index (χ2v) is 3.98. The van der Waals surface area contributed by atoms with Crippen molar-refractivity contribution in [3.63, 3.8) is 0 Å². The minimum atomic E-state index is 0.135. The topological polar surface area (TPSA) is 62.7 Å². The molecular formula is C13H10ClN3O. The number of benzene rings is 1. The summed E-state index contributed by atoms with van der Waals surface area (Å²) in [5, 5.41) is 16.6. The second kappa shape index (κ2) is 5.48. The molecule has 1 heterocycles. The fourth-order valence-corrected chi connectivity index (χ4v) is 1.50. The molecule has 0 N–H and O–H groups in total. The van der Waals surface area contributed by atoms with Crippen molar-refractivity contribution in [2.24, 2.45) is 0 Å². The first-order valence-corrected chi connectivity index (χ1v) is 5.83. The van der Waals surface area contributed by atoms with Crippen molar-refractivity contribution in [3.8, 4) is 6.07 Å². The molecular weight excluding hydrogens is 250 g/mol. The van der Waals surface area contributed by atoms with E-state index in [2.05, 4.69) is 10.2 Å². The number of nitriles is 1. The van der Waals surface area contributed by atoms with E-state index in [1.807, 2.05) is 37.3 Å². The fourth-order valence-electron chi connectivity index (χ4n) is 1.39. The number of hydrogen-bond acceptors (Lipinski definition) is 4. The molecule has 18 heavy (non-hydrogen) atoms. The third-order valence-corrected chi connectivity index (χ3v) is 2.55. The third kappa shape index (κ3) is 2.76. The van der Waals surface area contributed by atoms with Crippen LogP contribution in [0.2, 0.25) is 0 Å². The molecule has 1 aromatic heterocycles.